The Morgan fingerprint density at radius 3 is 1.53 bits per heavy atom. The number of hydrogen-bond donors (Lipinski definition) is 0. The van der Waals surface area contributed by atoms with Crippen LogP contribution in [0.2, 0.25) is 0 Å². The van der Waals surface area contributed by atoms with Gasteiger partial charge in [-0.25, -0.2) is 0 Å². The molecule has 2 spiro atoms. The molecule has 1 heterocycles. The maximum atomic E-state index is 2.78. The maximum Gasteiger partial charge on any atom is 0.0541 e. The van der Waals surface area contributed by atoms with Gasteiger partial charge in [0, 0.05) is 82.8 Å². The van der Waals surface area contributed by atoms with E-state index >= 15 is 0 Å². The zero-order chi connectivity index (χ0) is 80.0. The molecule has 24 rings (SSSR count). The first-order valence-corrected chi connectivity index (χ1v) is 44.8. The van der Waals surface area contributed by atoms with Gasteiger partial charge in [-0.05, 0) is 284 Å². The average molecular weight is 1540 g/mol. The van der Waals surface area contributed by atoms with Crippen LogP contribution in [0.1, 0.15) is 180 Å². The first kappa shape index (κ1) is 71.6. The normalized spacial score (nSPS) is 26.6. The maximum absolute atomic E-state index is 2.78. The molecule has 6 saturated carbocycles. The largest absolute Gasteiger partial charge is 0.310 e. The fourth-order valence-corrected chi connectivity index (χ4v) is 28.8. The van der Waals surface area contributed by atoms with Crippen LogP contribution >= 0.6 is 0 Å². The second kappa shape index (κ2) is 25.8. The zero-order valence-electron chi connectivity index (χ0n) is 70.2. The van der Waals surface area contributed by atoms with Gasteiger partial charge in [0.15, 0.2) is 0 Å². The Kier molecular flexibility index (Phi) is 15.5. The summed E-state index contributed by atoms with van der Waals surface area (Å²) in [5.41, 5.74) is 36.7. The van der Waals surface area contributed by atoms with E-state index in [9.17, 15) is 0 Å². The summed E-state index contributed by atoms with van der Waals surface area (Å²) in [5.74, 6) is 5.60. The first-order chi connectivity index (χ1) is 58.0. The highest BCUT2D eigenvalue weighted by atomic mass is 15.2. The highest BCUT2D eigenvalue weighted by Crippen LogP contribution is 2.80. The predicted molar refractivity (Wildman–Crippen MR) is 495 cm³/mol. The van der Waals surface area contributed by atoms with Gasteiger partial charge in [0.05, 0.1) is 22.4 Å². The minimum absolute atomic E-state index is 0.126. The van der Waals surface area contributed by atoms with Gasteiger partial charge in [-0.1, -0.05) is 305 Å². The molecule has 0 aliphatic heterocycles. The van der Waals surface area contributed by atoms with Gasteiger partial charge in [0.25, 0.3) is 0 Å². The number of benzene rings is 14. The molecule has 0 saturated heterocycles. The van der Waals surface area contributed by atoms with E-state index in [2.05, 4.69) is 404 Å². The average Bonchev–Trinajstić information content (AvgIpc) is 1.47. The van der Waals surface area contributed by atoms with Crippen molar-refractivity contribution in [1.82, 2.24) is 4.57 Å². The van der Waals surface area contributed by atoms with E-state index in [0.29, 0.717) is 35.5 Å². The van der Waals surface area contributed by atoms with Crippen LogP contribution in [0, 0.1) is 47.3 Å². The van der Waals surface area contributed by atoms with Gasteiger partial charge in [0.2, 0.25) is 0 Å². The lowest BCUT2D eigenvalue weighted by Gasteiger charge is -2.57. The Hall–Kier alpha value is -11.5. The van der Waals surface area contributed by atoms with Gasteiger partial charge >= 0.3 is 0 Å². The van der Waals surface area contributed by atoms with E-state index < -0.39 is 0 Å². The highest BCUT2D eigenvalue weighted by molar-refractivity contribution is 6.10. The van der Waals surface area contributed by atoms with Gasteiger partial charge < -0.3 is 14.4 Å². The standard InChI is InChI=1S/C116H105N3/c1-71-61-79-64-76-63-77(71)70-115(79)99-59-56-85(69-102(99)112(5,6)96-40-22-16-38-94(96)110(76)115)118(84-55-58-89-88-33-15-21-39-95(88)111(3,4)101(89)67-84)106-44-26-18-34-90(106)87-32-13-14-37-93(87)109-72(2)62-80-65-78-66-104(109)116(80)100-60-57-83(68-103(100)113(7,8)97-41-23-24-42-98(97)114(78,116)9)117(81-51-47-74(48-52-81)73-29-11-10-12-30-73)82-53-49-75(50-54-82)86-31-17-25-43-105(86)119-107-45-27-19-35-91(107)92-36-20-28-46-108(92)119/h10-60,67-69,71-72,76-80,104,109-110H,61-66,70H2,1-9H3/t71-,72-,76-,77?,78+,79+,80?,104?,109?,110?,114+,115?,116?/m1/s1. The lowest BCUT2D eigenvalue weighted by atomic mass is 9.46. The number of para-hydroxylation sites is 4. The van der Waals surface area contributed by atoms with Crippen molar-refractivity contribution < 1.29 is 0 Å². The second-order valence-corrected chi connectivity index (χ2v) is 39.8. The summed E-state index contributed by atoms with van der Waals surface area (Å²) in [7, 11) is 0. The van der Waals surface area contributed by atoms with E-state index in [1.165, 1.54) is 179 Å². The van der Waals surface area contributed by atoms with E-state index in [-0.39, 0.29) is 38.4 Å². The molecule has 0 amide bonds. The third kappa shape index (κ3) is 9.74. The van der Waals surface area contributed by atoms with Crippen LogP contribution in [-0.4, -0.2) is 4.57 Å². The Morgan fingerprint density at radius 2 is 0.807 bits per heavy atom. The zero-order valence-corrected chi connectivity index (χ0v) is 70.2. The van der Waals surface area contributed by atoms with Crippen molar-refractivity contribution in [3.8, 4) is 50.2 Å². The van der Waals surface area contributed by atoms with Crippen LogP contribution < -0.4 is 9.80 Å². The molecule has 5 bridgehead atoms. The summed E-state index contributed by atoms with van der Waals surface area (Å²) < 4.78 is 2.47. The molecule has 3 heteroatoms. The molecule has 3 nitrogen and oxygen atoms in total. The molecule has 119 heavy (non-hydrogen) atoms. The van der Waals surface area contributed by atoms with Crippen molar-refractivity contribution in [2.45, 2.75) is 152 Å². The Morgan fingerprint density at radius 1 is 0.303 bits per heavy atom. The van der Waals surface area contributed by atoms with Crippen LogP contribution in [0.15, 0.2) is 328 Å². The Bertz CT molecular complexity index is 6610. The molecule has 7 unspecified atom stereocenters. The van der Waals surface area contributed by atoms with Gasteiger partial charge in [-0.3, -0.25) is 0 Å². The van der Waals surface area contributed by atoms with Gasteiger partial charge in [-0.2, -0.15) is 0 Å². The third-order valence-electron chi connectivity index (χ3n) is 33.6. The molecular formula is C116H105N3. The summed E-state index contributed by atoms with van der Waals surface area (Å²) in [6, 6.07) is 128. The third-order valence-corrected chi connectivity index (χ3v) is 33.6. The fourth-order valence-electron chi connectivity index (χ4n) is 28.8. The molecule has 1 aromatic heterocycles. The molecular weight excluding hydrogens is 1440 g/mol. The summed E-state index contributed by atoms with van der Waals surface area (Å²) in [5, 5.41) is 2.53. The van der Waals surface area contributed by atoms with Crippen molar-refractivity contribution in [3.63, 3.8) is 0 Å². The Labute approximate surface area is 703 Å². The second-order valence-electron chi connectivity index (χ2n) is 39.8. The summed E-state index contributed by atoms with van der Waals surface area (Å²) >= 11 is 0. The monoisotopic (exact) mass is 1540 g/mol. The number of hydrogen-bond acceptors (Lipinski definition) is 2. The van der Waals surface area contributed by atoms with Crippen LogP contribution in [0.4, 0.5) is 34.1 Å². The quantitative estimate of drug-likeness (QED) is 0.128. The number of nitrogens with zero attached hydrogens (tertiary/aromatic N) is 3. The van der Waals surface area contributed by atoms with Crippen molar-refractivity contribution in [2.24, 2.45) is 47.3 Å². The molecule has 13 atom stereocenters. The lowest BCUT2D eigenvalue weighted by molar-refractivity contribution is 0.0443. The van der Waals surface area contributed by atoms with Crippen LogP contribution in [-0.2, 0) is 32.5 Å². The molecule has 6 fully saturated rings. The van der Waals surface area contributed by atoms with Crippen LogP contribution in [0.5, 0.6) is 0 Å². The van der Waals surface area contributed by atoms with Crippen molar-refractivity contribution in [3.05, 3.63) is 389 Å². The smallest absolute Gasteiger partial charge is 0.0541 e. The molecule has 584 valence electrons. The number of rotatable bonds is 11. The highest BCUT2D eigenvalue weighted by Gasteiger charge is 2.76. The van der Waals surface area contributed by atoms with Gasteiger partial charge in [-0.15, -0.1) is 0 Å². The summed E-state index contributed by atoms with van der Waals surface area (Å²) in [4.78, 5) is 5.29. The van der Waals surface area contributed by atoms with E-state index in [1.807, 2.05) is 0 Å². The van der Waals surface area contributed by atoms with Crippen molar-refractivity contribution in [2.75, 3.05) is 9.80 Å². The number of fused-ring (bicyclic) bond motifs is 11. The molecule has 0 radical (unpaired) electrons. The minimum Gasteiger partial charge on any atom is -0.310 e. The summed E-state index contributed by atoms with van der Waals surface area (Å²) in [6.45, 7) is 23.3. The van der Waals surface area contributed by atoms with Crippen LogP contribution in [0.3, 0.4) is 0 Å². The number of aromatic nitrogens is 1. The molecule has 15 aromatic rings. The first-order valence-electron chi connectivity index (χ1n) is 44.8. The van der Waals surface area contributed by atoms with Crippen LogP contribution in [0.25, 0.3) is 72.0 Å². The predicted octanol–water partition coefficient (Wildman–Crippen LogP) is 30.1. The van der Waals surface area contributed by atoms with E-state index in [4.69, 9.17) is 0 Å². The van der Waals surface area contributed by atoms with E-state index in [0.717, 1.165) is 29.1 Å². The van der Waals surface area contributed by atoms with Crippen molar-refractivity contribution in [1.29, 1.82) is 0 Å². The minimum atomic E-state index is -0.345. The molecule has 0 N–H and O–H groups in total. The topological polar surface area (TPSA) is 11.4 Å². The SMILES string of the molecule is C[C@@H]1C[C@H]2C[C@H]3CC1CC21c2ccc(N(c4ccc5c(c4)C(C)(C)c4ccccc4-5)c4ccccc4-c4ccccc4C4C5C[C@@H]6CC(C[C@H]4C)C54c5ccc(N(c7ccc(-c8ccccc8)cc7)c7ccc(-c8ccccc8-n8c9ccccc9c9ccccc98)cc7)cc5C(C)(C)c5ccccc5[C@]64C)cc2C(C)(C)c2ccccc2C31. The summed E-state index contributed by atoms with van der Waals surface area (Å²) in [6.07, 6.45) is 9.01. The van der Waals surface area contributed by atoms with Crippen molar-refractivity contribution >= 4 is 55.9 Å². The number of anilines is 6. The molecule has 9 aliphatic carbocycles. The van der Waals surface area contributed by atoms with E-state index in [1.54, 1.807) is 22.3 Å². The lowest BCUT2D eigenvalue weighted by Crippen LogP contribution is -2.54. The van der Waals surface area contributed by atoms with Gasteiger partial charge in [0.1, 0.15) is 0 Å². The fraction of sp³-hybridized carbons (Fsp3) is 0.276. The molecule has 9 aliphatic rings. The Balaban J connectivity index is 0.667. The molecule has 14 aromatic carbocycles.